The van der Waals surface area contributed by atoms with E-state index in [1.54, 1.807) is 22.9 Å². The standard InChI is InChI=1S/C11H11BrFN3/c1-7-4-11(14)16(15-7)6-8-2-3-10(13)9(12)5-8/h2-5H,6,14H2,1H3. The Morgan fingerprint density at radius 3 is 2.75 bits per heavy atom. The van der Waals surface area contributed by atoms with E-state index < -0.39 is 0 Å². The van der Waals surface area contributed by atoms with Crippen molar-refractivity contribution in [2.45, 2.75) is 13.5 Å². The van der Waals surface area contributed by atoms with Crippen molar-refractivity contribution in [1.82, 2.24) is 9.78 Å². The Hall–Kier alpha value is -1.36. The Morgan fingerprint density at radius 1 is 1.44 bits per heavy atom. The van der Waals surface area contributed by atoms with Crippen LogP contribution >= 0.6 is 15.9 Å². The maximum Gasteiger partial charge on any atom is 0.137 e. The molecule has 0 bridgehead atoms. The summed E-state index contributed by atoms with van der Waals surface area (Å²) < 4.78 is 15.2. The fraction of sp³-hybridized carbons (Fsp3) is 0.182. The summed E-state index contributed by atoms with van der Waals surface area (Å²) in [6.07, 6.45) is 0. The minimum Gasteiger partial charge on any atom is -0.384 e. The van der Waals surface area contributed by atoms with Gasteiger partial charge in [0.1, 0.15) is 11.6 Å². The summed E-state index contributed by atoms with van der Waals surface area (Å²) in [6.45, 7) is 2.42. The number of nitrogens with zero attached hydrogens (tertiary/aromatic N) is 2. The van der Waals surface area contributed by atoms with Crippen molar-refractivity contribution in [2.24, 2.45) is 0 Å². The Kier molecular flexibility index (Phi) is 2.96. The lowest BCUT2D eigenvalue weighted by molar-refractivity contribution is 0.618. The molecule has 0 unspecified atom stereocenters. The van der Waals surface area contributed by atoms with Gasteiger partial charge in [0.25, 0.3) is 0 Å². The number of nitrogens with two attached hydrogens (primary N) is 1. The lowest BCUT2D eigenvalue weighted by Gasteiger charge is -2.05. The van der Waals surface area contributed by atoms with Gasteiger partial charge in [-0.1, -0.05) is 6.07 Å². The van der Waals surface area contributed by atoms with Crippen LogP contribution in [0, 0.1) is 12.7 Å². The van der Waals surface area contributed by atoms with E-state index in [0.717, 1.165) is 11.3 Å². The smallest absolute Gasteiger partial charge is 0.137 e. The van der Waals surface area contributed by atoms with Crippen LogP contribution in [-0.2, 0) is 6.54 Å². The molecule has 0 aliphatic rings. The summed E-state index contributed by atoms with van der Waals surface area (Å²) in [5, 5.41) is 4.24. The van der Waals surface area contributed by atoms with Crippen LogP contribution in [0.4, 0.5) is 10.2 Å². The summed E-state index contributed by atoms with van der Waals surface area (Å²) in [5.41, 5.74) is 7.59. The number of nitrogen functional groups attached to an aromatic ring is 1. The molecule has 0 atom stereocenters. The number of rotatable bonds is 2. The molecule has 0 aliphatic heterocycles. The third-order valence-corrected chi connectivity index (χ3v) is 2.86. The fourth-order valence-electron chi connectivity index (χ4n) is 1.50. The number of halogens is 2. The SMILES string of the molecule is Cc1cc(N)n(Cc2ccc(F)c(Br)c2)n1. The molecule has 0 saturated heterocycles. The molecule has 2 rings (SSSR count). The molecule has 2 aromatic rings. The zero-order valence-corrected chi connectivity index (χ0v) is 10.3. The van der Waals surface area contributed by atoms with Gasteiger partial charge in [0.05, 0.1) is 16.7 Å². The normalized spacial score (nSPS) is 10.7. The first-order chi connectivity index (χ1) is 7.56. The lowest BCUT2D eigenvalue weighted by atomic mass is 10.2. The van der Waals surface area contributed by atoms with Gasteiger partial charge in [-0.2, -0.15) is 5.10 Å². The molecule has 1 heterocycles. The quantitative estimate of drug-likeness (QED) is 0.921. The highest BCUT2D eigenvalue weighted by Crippen LogP contribution is 2.18. The monoisotopic (exact) mass is 283 g/mol. The molecule has 0 spiro atoms. The number of aromatic nitrogens is 2. The van der Waals surface area contributed by atoms with Crippen LogP contribution in [0.1, 0.15) is 11.3 Å². The van der Waals surface area contributed by atoms with Gasteiger partial charge in [0.2, 0.25) is 0 Å². The van der Waals surface area contributed by atoms with Crippen LogP contribution < -0.4 is 5.73 Å². The molecule has 0 radical (unpaired) electrons. The highest BCUT2D eigenvalue weighted by Gasteiger charge is 2.05. The maximum atomic E-state index is 13.0. The fourth-order valence-corrected chi connectivity index (χ4v) is 1.93. The molecule has 0 saturated carbocycles. The number of hydrogen-bond donors (Lipinski definition) is 1. The van der Waals surface area contributed by atoms with E-state index in [0.29, 0.717) is 16.8 Å². The van der Waals surface area contributed by atoms with Gasteiger partial charge < -0.3 is 5.73 Å². The predicted molar refractivity (Wildman–Crippen MR) is 64.6 cm³/mol. The molecule has 1 aromatic heterocycles. The zero-order valence-electron chi connectivity index (χ0n) is 8.74. The molecule has 1 aromatic carbocycles. The third-order valence-electron chi connectivity index (χ3n) is 2.25. The largest absolute Gasteiger partial charge is 0.384 e. The van der Waals surface area contributed by atoms with E-state index in [1.165, 1.54) is 6.07 Å². The second-order valence-electron chi connectivity index (χ2n) is 3.62. The molecule has 0 amide bonds. The molecule has 2 N–H and O–H groups in total. The highest BCUT2D eigenvalue weighted by molar-refractivity contribution is 9.10. The van der Waals surface area contributed by atoms with Gasteiger partial charge in [-0.15, -0.1) is 0 Å². The maximum absolute atomic E-state index is 13.0. The van der Waals surface area contributed by atoms with Crippen LogP contribution in [0.3, 0.4) is 0 Å². The van der Waals surface area contributed by atoms with Crippen LogP contribution in [0.25, 0.3) is 0 Å². The van der Waals surface area contributed by atoms with Crippen molar-refractivity contribution in [3.63, 3.8) is 0 Å². The first-order valence-electron chi connectivity index (χ1n) is 4.80. The zero-order chi connectivity index (χ0) is 11.7. The van der Waals surface area contributed by atoms with Gasteiger partial charge in [0, 0.05) is 6.07 Å². The van der Waals surface area contributed by atoms with E-state index in [1.807, 2.05) is 6.92 Å². The van der Waals surface area contributed by atoms with Gasteiger partial charge in [-0.25, -0.2) is 9.07 Å². The molecule has 5 heteroatoms. The van der Waals surface area contributed by atoms with E-state index in [-0.39, 0.29) is 5.82 Å². The average molecular weight is 284 g/mol. The van der Waals surface area contributed by atoms with E-state index >= 15 is 0 Å². The lowest BCUT2D eigenvalue weighted by Crippen LogP contribution is -2.06. The second kappa shape index (κ2) is 4.25. The molecular formula is C11H11BrFN3. The Balaban J connectivity index is 2.27. The van der Waals surface area contributed by atoms with Crippen LogP contribution in [-0.4, -0.2) is 9.78 Å². The van der Waals surface area contributed by atoms with E-state index in [9.17, 15) is 4.39 Å². The van der Waals surface area contributed by atoms with Gasteiger partial charge in [-0.3, -0.25) is 0 Å². The number of hydrogen-bond acceptors (Lipinski definition) is 2. The number of aryl methyl sites for hydroxylation is 1. The van der Waals surface area contributed by atoms with Gasteiger partial charge in [0.15, 0.2) is 0 Å². The van der Waals surface area contributed by atoms with Crippen molar-refractivity contribution >= 4 is 21.7 Å². The first kappa shape index (κ1) is 11.1. The Morgan fingerprint density at radius 2 is 2.19 bits per heavy atom. The van der Waals surface area contributed by atoms with Crippen LogP contribution in [0.5, 0.6) is 0 Å². The van der Waals surface area contributed by atoms with Crippen LogP contribution in [0.2, 0.25) is 0 Å². The summed E-state index contributed by atoms with van der Waals surface area (Å²) in [6, 6.07) is 6.67. The average Bonchev–Trinajstić information content (AvgIpc) is 2.51. The van der Waals surface area contributed by atoms with E-state index in [2.05, 4.69) is 21.0 Å². The van der Waals surface area contributed by atoms with Crippen molar-refractivity contribution in [3.05, 3.63) is 45.8 Å². The minimum absolute atomic E-state index is 0.270. The third kappa shape index (κ3) is 2.24. The Bertz CT molecular complexity index is 522. The summed E-state index contributed by atoms with van der Waals surface area (Å²) in [7, 11) is 0. The summed E-state index contributed by atoms with van der Waals surface area (Å²) >= 11 is 3.15. The van der Waals surface area contributed by atoms with Gasteiger partial charge in [-0.05, 0) is 40.5 Å². The molecule has 16 heavy (non-hydrogen) atoms. The van der Waals surface area contributed by atoms with Crippen LogP contribution in [0.15, 0.2) is 28.7 Å². The van der Waals surface area contributed by atoms with Crippen molar-refractivity contribution in [1.29, 1.82) is 0 Å². The Labute approximate surface area is 101 Å². The molecule has 84 valence electrons. The van der Waals surface area contributed by atoms with Crippen molar-refractivity contribution < 1.29 is 4.39 Å². The summed E-state index contributed by atoms with van der Waals surface area (Å²) in [4.78, 5) is 0. The van der Waals surface area contributed by atoms with Gasteiger partial charge >= 0.3 is 0 Å². The molecule has 0 aliphatic carbocycles. The summed E-state index contributed by atoms with van der Waals surface area (Å²) in [5.74, 6) is 0.339. The second-order valence-corrected chi connectivity index (χ2v) is 4.47. The van der Waals surface area contributed by atoms with E-state index in [4.69, 9.17) is 5.73 Å². The van der Waals surface area contributed by atoms with Crippen molar-refractivity contribution in [3.8, 4) is 0 Å². The van der Waals surface area contributed by atoms with Crippen molar-refractivity contribution in [2.75, 3.05) is 5.73 Å². The minimum atomic E-state index is -0.270. The molecule has 3 nitrogen and oxygen atoms in total. The molecule has 0 fully saturated rings. The number of benzene rings is 1. The first-order valence-corrected chi connectivity index (χ1v) is 5.59. The number of anilines is 1. The topological polar surface area (TPSA) is 43.8 Å². The predicted octanol–water partition coefficient (Wildman–Crippen LogP) is 2.72. The highest BCUT2D eigenvalue weighted by atomic mass is 79.9. The molecular weight excluding hydrogens is 273 g/mol.